The van der Waals surface area contributed by atoms with Gasteiger partial charge in [0.1, 0.15) is 5.75 Å². The lowest BCUT2D eigenvalue weighted by atomic mass is 10.2. The van der Waals surface area contributed by atoms with Gasteiger partial charge in [0.25, 0.3) is 10.1 Å². The van der Waals surface area contributed by atoms with Crippen LogP contribution in [0.2, 0.25) is 0 Å². The van der Waals surface area contributed by atoms with Crippen LogP contribution >= 0.6 is 0 Å². The standard InChI is InChI=1S/C14H13FO4SSi/c15-13-7-6-11(9-21-10-20(16,17)18)8-14(13)19-12-4-2-1-3-5-12/h1-8H,9-10H2,(H,16,17,18). The van der Waals surface area contributed by atoms with Crippen LogP contribution in [0.3, 0.4) is 0 Å². The Morgan fingerprint density at radius 1 is 1.14 bits per heavy atom. The van der Waals surface area contributed by atoms with Gasteiger partial charge in [-0.15, -0.1) is 0 Å². The molecule has 2 radical (unpaired) electrons. The minimum Gasteiger partial charge on any atom is -0.454 e. The SMILES string of the molecule is O=S(=O)(O)C[Si]Cc1ccc(F)c(Oc2ccccc2)c1. The fourth-order valence-electron chi connectivity index (χ4n) is 1.68. The third-order valence-electron chi connectivity index (χ3n) is 2.58. The number of halogens is 1. The summed E-state index contributed by atoms with van der Waals surface area (Å²) in [6.45, 7) is 0. The molecule has 0 aliphatic heterocycles. The van der Waals surface area contributed by atoms with Crippen LogP contribution in [0.25, 0.3) is 0 Å². The molecule has 0 bridgehead atoms. The Hall–Kier alpha value is -1.70. The number of ether oxygens (including phenoxy) is 1. The molecule has 2 aromatic carbocycles. The first kappa shape index (κ1) is 15.7. The fourth-order valence-corrected chi connectivity index (χ4v) is 3.62. The summed E-state index contributed by atoms with van der Waals surface area (Å²) >= 11 is 0. The van der Waals surface area contributed by atoms with Gasteiger partial charge in [-0.1, -0.05) is 24.3 Å². The summed E-state index contributed by atoms with van der Waals surface area (Å²) in [5, 5.41) is -0.292. The molecule has 7 heteroatoms. The summed E-state index contributed by atoms with van der Waals surface area (Å²) in [7, 11) is -3.95. The van der Waals surface area contributed by atoms with E-state index in [0.29, 0.717) is 11.8 Å². The summed E-state index contributed by atoms with van der Waals surface area (Å²) in [6.07, 6.45) is 0. The van der Waals surface area contributed by atoms with E-state index in [0.717, 1.165) is 5.56 Å². The molecular weight excluding hydrogens is 311 g/mol. The quantitative estimate of drug-likeness (QED) is 0.655. The predicted octanol–water partition coefficient (Wildman–Crippen LogP) is 2.67. The van der Waals surface area contributed by atoms with Crippen molar-refractivity contribution in [2.45, 2.75) is 6.04 Å². The van der Waals surface area contributed by atoms with Crippen LogP contribution in [0, 0.1) is 5.82 Å². The Labute approximate surface area is 125 Å². The topological polar surface area (TPSA) is 63.6 Å². The molecule has 0 aliphatic rings. The second kappa shape index (κ2) is 6.84. The minimum atomic E-state index is -3.95. The lowest BCUT2D eigenvalue weighted by Gasteiger charge is -2.08. The van der Waals surface area contributed by atoms with Crippen molar-refractivity contribution in [1.29, 1.82) is 0 Å². The van der Waals surface area contributed by atoms with Gasteiger partial charge in [0, 0.05) is 0 Å². The van der Waals surface area contributed by atoms with Crippen molar-refractivity contribution in [2.75, 3.05) is 5.38 Å². The summed E-state index contributed by atoms with van der Waals surface area (Å²) in [6, 6.07) is 13.7. The van der Waals surface area contributed by atoms with Gasteiger partial charge in [0.05, 0.1) is 14.9 Å². The molecule has 0 heterocycles. The van der Waals surface area contributed by atoms with E-state index in [1.54, 1.807) is 36.4 Å². The maximum absolute atomic E-state index is 13.7. The molecule has 2 aromatic rings. The zero-order chi connectivity index (χ0) is 15.3. The molecule has 0 saturated heterocycles. The molecule has 0 aliphatic carbocycles. The molecule has 0 fully saturated rings. The predicted molar refractivity (Wildman–Crippen MR) is 78.8 cm³/mol. The smallest absolute Gasteiger partial charge is 0.261 e. The molecule has 0 unspecified atom stereocenters. The normalized spacial score (nSPS) is 11.3. The molecular formula is C14H13FO4SSi. The third kappa shape index (κ3) is 5.29. The van der Waals surface area contributed by atoms with Crippen molar-refractivity contribution in [3.8, 4) is 11.5 Å². The lowest BCUT2D eigenvalue weighted by molar-refractivity contribution is 0.442. The number of para-hydroxylation sites is 1. The van der Waals surface area contributed by atoms with Crippen LogP contribution in [0.15, 0.2) is 48.5 Å². The molecule has 0 atom stereocenters. The van der Waals surface area contributed by atoms with E-state index in [4.69, 9.17) is 9.29 Å². The summed E-state index contributed by atoms with van der Waals surface area (Å²) < 4.78 is 49.2. The average molecular weight is 324 g/mol. The van der Waals surface area contributed by atoms with Crippen LogP contribution in [-0.2, 0) is 16.2 Å². The number of hydrogen-bond donors (Lipinski definition) is 1. The van der Waals surface area contributed by atoms with Crippen molar-refractivity contribution in [3.63, 3.8) is 0 Å². The third-order valence-corrected chi connectivity index (χ3v) is 5.51. The van der Waals surface area contributed by atoms with Gasteiger partial charge in [-0.25, -0.2) is 4.39 Å². The first-order chi connectivity index (χ1) is 9.94. The average Bonchev–Trinajstić information content (AvgIpc) is 2.42. The highest BCUT2D eigenvalue weighted by atomic mass is 32.2. The van der Waals surface area contributed by atoms with Gasteiger partial charge < -0.3 is 4.74 Å². The van der Waals surface area contributed by atoms with Crippen molar-refractivity contribution < 1.29 is 22.1 Å². The molecule has 0 aromatic heterocycles. The highest BCUT2D eigenvalue weighted by molar-refractivity contribution is 7.87. The Balaban J connectivity index is 2.07. The van der Waals surface area contributed by atoms with Crippen LogP contribution in [0.1, 0.15) is 5.56 Å². The molecule has 0 saturated carbocycles. The van der Waals surface area contributed by atoms with E-state index >= 15 is 0 Å². The first-order valence-electron chi connectivity index (χ1n) is 6.11. The Bertz CT molecular complexity index is 704. The number of hydrogen-bond acceptors (Lipinski definition) is 3. The Kier molecular flexibility index (Phi) is 5.11. The van der Waals surface area contributed by atoms with Gasteiger partial charge in [0.2, 0.25) is 0 Å². The van der Waals surface area contributed by atoms with Crippen molar-refractivity contribution in [3.05, 3.63) is 59.9 Å². The highest BCUT2D eigenvalue weighted by Gasteiger charge is 2.09. The lowest BCUT2D eigenvalue weighted by Crippen LogP contribution is -2.13. The number of benzene rings is 2. The zero-order valence-corrected chi connectivity index (χ0v) is 12.8. The minimum absolute atomic E-state index is 0.00617. The van der Waals surface area contributed by atoms with E-state index in [9.17, 15) is 12.8 Å². The van der Waals surface area contributed by atoms with Gasteiger partial charge >= 0.3 is 0 Å². The molecule has 4 nitrogen and oxygen atoms in total. The largest absolute Gasteiger partial charge is 0.454 e. The van der Waals surface area contributed by atoms with Crippen LogP contribution < -0.4 is 4.74 Å². The van der Waals surface area contributed by atoms with E-state index in [1.165, 1.54) is 6.07 Å². The fraction of sp³-hybridized carbons (Fsp3) is 0.143. The summed E-state index contributed by atoms with van der Waals surface area (Å²) in [5.41, 5.74) is 0.754. The first-order valence-corrected chi connectivity index (χ1v) is 9.13. The molecule has 0 spiro atoms. The van der Waals surface area contributed by atoms with Crippen molar-refractivity contribution >= 4 is 19.6 Å². The van der Waals surface area contributed by atoms with E-state index in [2.05, 4.69) is 0 Å². The van der Waals surface area contributed by atoms with Gasteiger partial charge in [-0.3, -0.25) is 4.55 Å². The summed E-state index contributed by atoms with van der Waals surface area (Å²) in [5.74, 6) is 0.130. The van der Waals surface area contributed by atoms with E-state index in [-0.39, 0.29) is 20.6 Å². The Morgan fingerprint density at radius 3 is 2.52 bits per heavy atom. The van der Waals surface area contributed by atoms with Crippen LogP contribution in [0.4, 0.5) is 4.39 Å². The maximum Gasteiger partial charge on any atom is 0.261 e. The molecule has 0 amide bonds. The van der Waals surface area contributed by atoms with Gasteiger partial charge in [-0.05, 0) is 35.9 Å². The van der Waals surface area contributed by atoms with Crippen molar-refractivity contribution in [1.82, 2.24) is 0 Å². The van der Waals surface area contributed by atoms with Gasteiger partial charge in [-0.2, -0.15) is 8.42 Å². The van der Waals surface area contributed by atoms with Crippen LogP contribution in [-0.4, -0.2) is 27.9 Å². The molecule has 21 heavy (non-hydrogen) atoms. The maximum atomic E-state index is 13.7. The zero-order valence-electron chi connectivity index (χ0n) is 11.0. The number of rotatable bonds is 6. The van der Waals surface area contributed by atoms with Gasteiger partial charge in [0.15, 0.2) is 11.6 Å². The van der Waals surface area contributed by atoms with Crippen LogP contribution in [0.5, 0.6) is 11.5 Å². The second-order valence-corrected chi connectivity index (χ2v) is 7.50. The molecule has 110 valence electrons. The van der Waals surface area contributed by atoms with E-state index < -0.39 is 15.9 Å². The second-order valence-electron chi connectivity index (χ2n) is 4.33. The molecule has 1 N–H and O–H groups in total. The highest BCUT2D eigenvalue weighted by Crippen LogP contribution is 2.25. The van der Waals surface area contributed by atoms with E-state index in [1.807, 2.05) is 6.07 Å². The monoisotopic (exact) mass is 324 g/mol. The summed E-state index contributed by atoms with van der Waals surface area (Å²) in [4.78, 5) is 0. The Morgan fingerprint density at radius 2 is 1.86 bits per heavy atom. The molecule has 2 rings (SSSR count). The van der Waals surface area contributed by atoms with Crippen molar-refractivity contribution in [2.24, 2.45) is 0 Å².